The fourth-order valence-electron chi connectivity index (χ4n) is 2.91. The smallest absolute Gasteiger partial charge is 0.191 e. The van der Waals surface area contributed by atoms with Gasteiger partial charge >= 0.3 is 0 Å². The number of rotatable bonds is 4. The molecule has 5 nitrogen and oxygen atoms in total. The van der Waals surface area contributed by atoms with E-state index in [1.54, 1.807) is 11.8 Å². The fourth-order valence-corrected chi connectivity index (χ4v) is 3.90. The van der Waals surface area contributed by atoms with Crippen molar-refractivity contribution in [3.05, 3.63) is 64.4 Å². The van der Waals surface area contributed by atoms with Gasteiger partial charge in [0, 0.05) is 24.0 Å². The molecule has 0 aliphatic rings. The number of aromatic nitrogens is 5. The number of nitrogens with zero attached hydrogens (tertiary/aromatic N) is 5. The summed E-state index contributed by atoms with van der Waals surface area (Å²) < 4.78 is 4.09. The van der Waals surface area contributed by atoms with Crippen LogP contribution >= 0.6 is 23.4 Å². The van der Waals surface area contributed by atoms with E-state index in [4.69, 9.17) is 11.6 Å². The molecule has 0 bridgehead atoms. The van der Waals surface area contributed by atoms with Crippen LogP contribution in [0.4, 0.5) is 0 Å². The number of hydrogen-bond donors (Lipinski definition) is 0. The number of aryl methyl sites for hydroxylation is 2. The lowest BCUT2D eigenvalue weighted by Gasteiger charge is -2.05. The summed E-state index contributed by atoms with van der Waals surface area (Å²) in [7, 11) is 1.99. The van der Waals surface area contributed by atoms with Gasteiger partial charge in [-0.3, -0.25) is 4.40 Å². The van der Waals surface area contributed by atoms with Crippen LogP contribution in [0.5, 0.6) is 0 Å². The van der Waals surface area contributed by atoms with Crippen LogP contribution < -0.4 is 0 Å². The Labute approximate surface area is 161 Å². The molecular weight excluding hydrogens is 366 g/mol. The molecule has 0 spiro atoms. The number of fused-ring (bicyclic) bond motifs is 1. The van der Waals surface area contributed by atoms with Crippen molar-refractivity contribution in [3.8, 4) is 11.5 Å². The van der Waals surface area contributed by atoms with Crippen molar-refractivity contribution in [1.29, 1.82) is 0 Å². The molecule has 132 valence electrons. The summed E-state index contributed by atoms with van der Waals surface area (Å²) in [5, 5.41) is 10.4. The number of pyridine rings is 1. The molecule has 0 aliphatic heterocycles. The molecule has 0 saturated carbocycles. The Balaban J connectivity index is 1.65. The second-order valence-corrected chi connectivity index (χ2v) is 7.64. The van der Waals surface area contributed by atoms with Gasteiger partial charge in [-0.05, 0) is 49.2 Å². The Hall–Kier alpha value is -2.31. The number of halogens is 1. The van der Waals surface area contributed by atoms with Crippen molar-refractivity contribution < 1.29 is 0 Å². The topological polar surface area (TPSA) is 48.0 Å². The molecule has 0 radical (unpaired) electrons. The van der Waals surface area contributed by atoms with Gasteiger partial charge in [-0.1, -0.05) is 35.5 Å². The molecular formula is C19H18ClN5S. The van der Waals surface area contributed by atoms with Gasteiger partial charge in [-0.2, -0.15) is 0 Å². The third-order valence-electron chi connectivity index (χ3n) is 4.28. The molecule has 7 heteroatoms. The number of thioether (sulfide) groups is 1. The lowest BCUT2D eigenvalue weighted by Crippen LogP contribution is -1.99. The molecule has 26 heavy (non-hydrogen) atoms. The van der Waals surface area contributed by atoms with Crippen LogP contribution in [-0.4, -0.2) is 24.1 Å². The van der Waals surface area contributed by atoms with Gasteiger partial charge < -0.3 is 4.57 Å². The first-order chi connectivity index (χ1) is 12.5. The van der Waals surface area contributed by atoms with Crippen LogP contribution in [0.2, 0.25) is 5.02 Å². The minimum absolute atomic E-state index is 0.748. The maximum absolute atomic E-state index is 5.95. The van der Waals surface area contributed by atoms with E-state index in [1.807, 2.05) is 49.0 Å². The molecule has 0 aliphatic carbocycles. The predicted octanol–water partition coefficient (Wildman–Crippen LogP) is 4.69. The Bertz CT molecular complexity index is 1080. The average molecular weight is 384 g/mol. The monoisotopic (exact) mass is 383 g/mol. The minimum atomic E-state index is 0.748. The molecule has 0 atom stereocenters. The summed E-state index contributed by atoms with van der Waals surface area (Å²) in [5.74, 6) is 1.63. The molecule has 0 N–H and O–H groups in total. The molecule has 3 heterocycles. The predicted molar refractivity (Wildman–Crippen MR) is 106 cm³/mol. The number of imidazole rings is 1. The molecule has 0 fully saturated rings. The molecule has 0 saturated heterocycles. The summed E-state index contributed by atoms with van der Waals surface area (Å²) >= 11 is 7.60. The van der Waals surface area contributed by atoms with E-state index in [0.717, 1.165) is 38.8 Å². The Morgan fingerprint density at radius 1 is 1.08 bits per heavy atom. The lowest BCUT2D eigenvalue weighted by molar-refractivity contribution is 0.791. The zero-order chi connectivity index (χ0) is 18.3. The summed E-state index contributed by atoms with van der Waals surface area (Å²) in [6.45, 7) is 4.07. The van der Waals surface area contributed by atoms with Gasteiger partial charge in [0.1, 0.15) is 11.3 Å². The zero-order valence-electron chi connectivity index (χ0n) is 14.8. The summed E-state index contributed by atoms with van der Waals surface area (Å²) in [5.41, 5.74) is 5.24. The van der Waals surface area contributed by atoms with Crippen LogP contribution in [0.15, 0.2) is 47.8 Å². The van der Waals surface area contributed by atoms with Crippen LogP contribution in [-0.2, 0) is 12.8 Å². The molecule has 4 rings (SSSR count). The van der Waals surface area contributed by atoms with Crippen molar-refractivity contribution in [1.82, 2.24) is 24.1 Å². The van der Waals surface area contributed by atoms with Gasteiger partial charge in [0.2, 0.25) is 0 Å². The van der Waals surface area contributed by atoms with Crippen molar-refractivity contribution in [2.24, 2.45) is 7.05 Å². The van der Waals surface area contributed by atoms with Gasteiger partial charge in [-0.25, -0.2) is 4.98 Å². The van der Waals surface area contributed by atoms with E-state index in [2.05, 4.69) is 38.6 Å². The fraction of sp³-hybridized carbons (Fsp3) is 0.211. The second-order valence-electron chi connectivity index (χ2n) is 6.26. The Morgan fingerprint density at radius 2 is 1.85 bits per heavy atom. The first-order valence-corrected chi connectivity index (χ1v) is 9.61. The molecule has 3 aromatic heterocycles. The van der Waals surface area contributed by atoms with Gasteiger partial charge in [0.15, 0.2) is 11.0 Å². The highest BCUT2D eigenvalue weighted by molar-refractivity contribution is 7.98. The van der Waals surface area contributed by atoms with Gasteiger partial charge in [-0.15, -0.1) is 10.2 Å². The highest BCUT2D eigenvalue weighted by atomic mass is 35.5. The highest BCUT2D eigenvalue weighted by Gasteiger charge is 2.18. The van der Waals surface area contributed by atoms with Gasteiger partial charge in [0.25, 0.3) is 0 Å². The maximum Gasteiger partial charge on any atom is 0.191 e. The van der Waals surface area contributed by atoms with E-state index in [1.165, 1.54) is 11.1 Å². The Kier molecular flexibility index (Phi) is 4.46. The third kappa shape index (κ3) is 3.10. The number of benzene rings is 1. The summed E-state index contributed by atoms with van der Waals surface area (Å²) in [6.07, 6.45) is 2.04. The quantitative estimate of drug-likeness (QED) is 0.479. The first-order valence-electron chi connectivity index (χ1n) is 8.25. The van der Waals surface area contributed by atoms with Crippen molar-refractivity contribution in [2.45, 2.75) is 24.8 Å². The van der Waals surface area contributed by atoms with Gasteiger partial charge in [0.05, 0.1) is 5.69 Å². The lowest BCUT2D eigenvalue weighted by atomic mass is 10.2. The van der Waals surface area contributed by atoms with Crippen LogP contribution in [0.25, 0.3) is 17.2 Å². The standard InChI is InChI=1S/C19H18ClN5S/c1-12-8-9-25-16(10-12)21-13(2)17(25)18-22-23-19(24(18)3)26-11-14-4-6-15(20)7-5-14/h4-10H,11H2,1-3H3. The SMILES string of the molecule is Cc1ccn2c(-c3nnc(SCc4ccc(Cl)cc4)n3C)c(C)nc2c1. The first kappa shape index (κ1) is 17.1. The Morgan fingerprint density at radius 3 is 2.62 bits per heavy atom. The zero-order valence-corrected chi connectivity index (χ0v) is 16.3. The van der Waals surface area contributed by atoms with Crippen LogP contribution in [0, 0.1) is 13.8 Å². The van der Waals surface area contributed by atoms with Crippen molar-refractivity contribution in [2.75, 3.05) is 0 Å². The molecule has 0 amide bonds. The van der Waals surface area contributed by atoms with E-state index < -0.39 is 0 Å². The highest BCUT2D eigenvalue weighted by Crippen LogP contribution is 2.28. The third-order valence-corrected chi connectivity index (χ3v) is 5.63. The summed E-state index contributed by atoms with van der Waals surface area (Å²) in [4.78, 5) is 4.67. The van der Waals surface area contributed by atoms with E-state index in [-0.39, 0.29) is 0 Å². The normalized spacial score (nSPS) is 11.4. The largest absolute Gasteiger partial charge is 0.304 e. The molecule has 1 aromatic carbocycles. The van der Waals surface area contributed by atoms with E-state index in [0.29, 0.717) is 0 Å². The second kappa shape index (κ2) is 6.78. The van der Waals surface area contributed by atoms with E-state index >= 15 is 0 Å². The molecule has 0 unspecified atom stereocenters. The van der Waals surface area contributed by atoms with Crippen LogP contribution in [0.1, 0.15) is 16.8 Å². The minimum Gasteiger partial charge on any atom is -0.304 e. The summed E-state index contributed by atoms with van der Waals surface area (Å²) in [6, 6.07) is 12.0. The number of hydrogen-bond acceptors (Lipinski definition) is 4. The van der Waals surface area contributed by atoms with E-state index in [9.17, 15) is 0 Å². The van der Waals surface area contributed by atoms with Crippen LogP contribution in [0.3, 0.4) is 0 Å². The molecule has 4 aromatic rings. The average Bonchev–Trinajstić information content (AvgIpc) is 3.12. The van der Waals surface area contributed by atoms with Crippen molar-refractivity contribution >= 4 is 29.0 Å². The maximum atomic E-state index is 5.95. The van der Waals surface area contributed by atoms with Crippen molar-refractivity contribution in [3.63, 3.8) is 0 Å².